The minimum Gasteiger partial charge on any atom is -0.392 e. The van der Waals surface area contributed by atoms with E-state index in [1.165, 1.54) is 56.0 Å². The van der Waals surface area contributed by atoms with Crippen LogP contribution in [0.15, 0.2) is 5.38 Å². The average molecular weight is 324 g/mol. The molecule has 2 aliphatic heterocycles. The summed E-state index contributed by atoms with van der Waals surface area (Å²) in [6.07, 6.45) is 5.05. The minimum atomic E-state index is -0.205. The summed E-state index contributed by atoms with van der Waals surface area (Å²) in [5, 5.41) is 13.0. The fraction of sp³-hybridized carbons (Fsp3) is 0.824. The molecule has 124 valence electrons. The summed E-state index contributed by atoms with van der Waals surface area (Å²) >= 11 is 1.75. The zero-order valence-electron chi connectivity index (χ0n) is 13.9. The first-order valence-corrected chi connectivity index (χ1v) is 9.46. The van der Waals surface area contributed by atoms with Gasteiger partial charge in [0.2, 0.25) is 0 Å². The van der Waals surface area contributed by atoms with Gasteiger partial charge in [-0.15, -0.1) is 11.3 Å². The van der Waals surface area contributed by atoms with Crippen LogP contribution in [-0.4, -0.2) is 58.7 Å². The quantitative estimate of drug-likeness (QED) is 0.924. The topological polar surface area (TPSA) is 39.6 Å². The van der Waals surface area contributed by atoms with E-state index in [2.05, 4.69) is 27.1 Å². The Morgan fingerprint density at radius 2 is 2.05 bits per heavy atom. The van der Waals surface area contributed by atoms with Crippen molar-refractivity contribution >= 4 is 11.3 Å². The number of aryl methyl sites for hydroxylation is 1. The molecule has 1 atom stereocenters. The van der Waals surface area contributed by atoms with Crippen molar-refractivity contribution in [1.29, 1.82) is 0 Å². The molecule has 0 aromatic carbocycles. The lowest BCUT2D eigenvalue weighted by atomic mass is 9.72. The lowest BCUT2D eigenvalue weighted by Crippen LogP contribution is -2.50. The zero-order chi connectivity index (χ0) is 15.6. The molecule has 1 aromatic rings. The van der Waals surface area contributed by atoms with Crippen LogP contribution in [0.1, 0.15) is 43.3 Å². The fourth-order valence-electron chi connectivity index (χ4n) is 4.14. The molecule has 0 saturated carbocycles. The van der Waals surface area contributed by atoms with Gasteiger partial charge in [0.25, 0.3) is 0 Å². The Labute approximate surface area is 138 Å². The molecule has 22 heavy (non-hydrogen) atoms. The lowest BCUT2D eigenvalue weighted by Gasteiger charge is -2.48. The maximum atomic E-state index is 9.64. The van der Waals surface area contributed by atoms with Gasteiger partial charge in [-0.25, -0.2) is 4.98 Å². The van der Waals surface area contributed by atoms with Gasteiger partial charge in [-0.05, 0) is 64.6 Å². The minimum absolute atomic E-state index is 0.205. The number of aromatic nitrogens is 1. The van der Waals surface area contributed by atoms with Crippen LogP contribution >= 0.6 is 11.3 Å². The molecule has 2 saturated heterocycles. The standard InChI is InChI=1S/C17H29N3OS/c1-14(21)10-20-7-3-4-17(13-20)5-8-19(9-6-17)11-16-12-22-15(2)18-16/h12,14,21H,3-11,13H2,1-2H3. The molecule has 1 aromatic heterocycles. The van der Waals surface area contributed by atoms with Crippen molar-refractivity contribution in [3.8, 4) is 0 Å². The fourth-order valence-corrected chi connectivity index (χ4v) is 4.75. The first-order valence-electron chi connectivity index (χ1n) is 8.58. The number of β-amino-alcohol motifs (C(OH)–C–C–N with tert-alkyl or cyclic N) is 1. The van der Waals surface area contributed by atoms with Gasteiger partial charge in [-0.1, -0.05) is 0 Å². The highest BCUT2D eigenvalue weighted by Crippen LogP contribution is 2.40. The number of hydrogen-bond acceptors (Lipinski definition) is 5. The van der Waals surface area contributed by atoms with Gasteiger partial charge in [0.15, 0.2) is 0 Å². The van der Waals surface area contributed by atoms with Gasteiger partial charge >= 0.3 is 0 Å². The summed E-state index contributed by atoms with van der Waals surface area (Å²) < 4.78 is 0. The summed E-state index contributed by atoms with van der Waals surface area (Å²) in [7, 11) is 0. The molecular formula is C17H29N3OS. The van der Waals surface area contributed by atoms with Gasteiger partial charge in [0.05, 0.1) is 16.8 Å². The van der Waals surface area contributed by atoms with Gasteiger partial charge < -0.3 is 10.0 Å². The highest BCUT2D eigenvalue weighted by Gasteiger charge is 2.38. The monoisotopic (exact) mass is 323 g/mol. The van der Waals surface area contributed by atoms with Crippen LogP contribution in [0, 0.1) is 12.3 Å². The van der Waals surface area contributed by atoms with Crippen LogP contribution < -0.4 is 0 Å². The van der Waals surface area contributed by atoms with Crippen LogP contribution in [0.4, 0.5) is 0 Å². The smallest absolute Gasteiger partial charge is 0.0897 e. The Morgan fingerprint density at radius 1 is 1.27 bits per heavy atom. The van der Waals surface area contributed by atoms with Gasteiger partial charge in [-0.3, -0.25) is 4.90 Å². The van der Waals surface area contributed by atoms with Crippen molar-refractivity contribution in [3.05, 3.63) is 16.1 Å². The zero-order valence-corrected chi connectivity index (χ0v) is 14.7. The van der Waals surface area contributed by atoms with Crippen molar-refractivity contribution in [2.75, 3.05) is 32.7 Å². The summed E-state index contributed by atoms with van der Waals surface area (Å²) in [4.78, 5) is 9.64. The summed E-state index contributed by atoms with van der Waals surface area (Å²) in [5.41, 5.74) is 1.74. The first-order chi connectivity index (χ1) is 10.5. The Balaban J connectivity index is 1.51. The molecule has 1 unspecified atom stereocenters. The average Bonchev–Trinajstić information content (AvgIpc) is 2.87. The molecule has 2 fully saturated rings. The molecule has 0 radical (unpaired) electrons. The summed E-state index contributed by atoms with van der Waals surface area (Å²) in [6, 6.07) is 0. The second kappa shape index (κ2) is 6.95. The third kappa shape index (κ3) is 4.07. The number of rotatable bonds is 4. The largest absolute Gasteiger partial charge is 0.392 e. The molecule has 3 rings (SSSR count). The molecule has 2 aliphatic rings. The Kier molecular flexibility index (Phi) is 5.17. The van der Waals surface area contributed by atoms with Crippen LogP contribution in [0.25, 0.3) is 0 Å². The van der Waals surface area contributed by atoms with Gasteiger partial charge in [-0.2, -0.15) is 0 Å². The SMILES string of the molecule is Cc1nc(CN2CCC3(CCCN(CC(C)O)C3)CC2)cs1. The van der Waals surface area contributed by atoms with E-state index in [0.29, 0.717) is 5.41 Å². The Morgan fingerprint density at radius 3 is 2.68 bits per heavy atom. The molecule has 0 amide bonds. The van der Waals surface area contributed by atoms with Crippen molar-refractivity contribution < 1.29 is 5.11 Å². The number of thiazole rings is 1. The number of piperidine rings is 2. The Hall–Kier alpha value is -0.490. The normalized spacial score (nSPS) is 24.7. The molecular weight excluding hydrogens is 294 g/mol. The van der Waals surface area contributed by atoms with Crippen LogP contribution in [0.3, 0.4) is 0 Å². The number of nitrogens with zero attached hydrogens (tertiary/aromatic N) is 3. The predicted octanol–water partition coefficient (Wildman–Crippen LogP) is 2.51. The maximum absolute atomic E-state index is 9.64. The summed E-state index contributed by atoms with van der Waals surface area (Å²) in [5.74, 6) is 0. The van der Waals surface area contributed by atoms with E-state index < -0.39 is 0 Å². The summed E-state index contributed by atoms with van der Waals surface area (Å²) in [6.45, 7) is 10.6. The molecule has 1 N–H and O–H groups in total. The van der Waals surface area contributed by atoms with E-state index in [1.54, 1.807) is 11.3 Å². The second-order valence-corrected chi connectivity index (χ2v) is 8.38. The van der Waals surface area contributed by atoms with E-state index in [-0.39, 0.29) is 6.10 Å². The number of hydrogen-bond donors (Lipinski definition) is 1. The van der Waals surface area contributed by atoms with Crippen LogP contribution in [0.2, 0.25) is 0 Å². The molecule has 3 heterocycles. The van der Waals surface area contributed by atoms with Crippen molar-refractivity contribution in [1.82, 2.24) is 14.8 Å². The molecule has 4 nitrogen and oxygen atoms in total. The first kappa shape index (κ1) is 16.4. The Bertz CT molecular complexity index is 480. The van der Waals surface area contributed by atoms with Crippen LogP contribution in [0.5, 0.6) is 0 Å². The van der Waals surface area contributed by atoms with E-state index in [1.807, 2.05) is 6.92 Å². The van der Waals surface area contributed by atoms with E-state index in [4.69, 9.17) is 0 Å². The molecule has 1 spiro atoms. The van der Waals surface area contributed by atoms with Gasteiger partial charge in [0, 0.05) is 25.0 Å². The van der Waals surface area contributed by atoms with E-state index >= 15 is 0 Å². The highest BCUT2D eigenvalue weighted by atomic mass is 32.1. The van der Waals surface area contributed by atoms with Crippen molar-refractivity contribution in [2.24, 2.45) is 5.41 Å². The molecule has 5 heteroatoms. The number of aliphatic hydroxyl groups excluding tert-OH is 1. The van der Waals surface area contributed by atoms with Gasteiger partial charge in [0.1, 0.15) is 0 Å². The van der Waals surface area contributed by atoms with E-state index in [0.717, 1.165) is 19.6 Å². The maximum Gasteiger partial charge on any atom is 0.0897 e. The van der Waals surface area contributed by atoms with Crippen LogP contribution in [-0.2, 0) is 6.54 Å². The van der Waals surface area contributed by atoms with Crippen molar-refractivity contribution in [2.45, 2.75) is 52.2 Å². The molecule has 0 aliphatic carbocycles. The second-order valence-electron chi connectivity index (χ2n) is 7.32. The van der Waals surface area contributed by atoms with E-state index in [9.17, 15) is 5.11 Å². The predicted molar refractivity (Wildman–Crippen MR) is 91.1 cm³/mol. The van der Waals surface area contributed by atoms with Crippen molar-refractivity contribution in [3.63, 3.8) is 0 Å². The third-order valence-electron chi connectivity index (χ3n) is 5.23. The highest BCUT2D eigenvalue weighted by molar-refractivity contribution is 7.09. The third-order valence-corrected chi connectivity index (χ3v) is 6.05. The number of likely N-dealkylation sites (tertiary alicyclic amines) is 2. The number of aliphatic hydroxyl groups is 1. The molecule has 0 bridgehead atoms. The lowest BCUT2D eigenvalue weighted by molar-refractivity contribution is 0.00588.